The van der Waals surface area contributed by atoms with Crippen molar-refractivity contribution in [3.8, 4) is 0 Å². The molecule has 0 radical (unpaired) electrons. The fraction of sp³-hybridized carbons (Fsp3) is 0.727. The lowest BCUT2D eigenvalue weighted by Crippen LogP contribution is -2.43. The Hall–Kier alpha value is -1.43. The Balaban J connectivity index is 4.65. The van der Waals surface area contributed by atoms with Crippen molar-refractivity contribution in [3.05, 3.63) is 0 Å². The van der Waals surface area contributed by atoms with Crippen LogP contribution in [0.2, 0.25) is 0 Å². The fourth-order valence-electron chi connectivity index (χ4n) is 1.16. The second-order valence-corrected chi connectivity index (χ2v) is 4.02. The Bertz CT molecular complexity index is 311. The molecule has 0 heterocycles. The molecule has 0 rings (SSSR count). The van der Waals surface area contributed by atoms with Crippen LogP contribution in [-0.2, 0) is 24.0 Å². The highest BCUT2D eigenvalue weighted by Crippen LogP contribution is 2.21. The average Bonchev–Trinajstić information content (AvgIpc) is 2.26. The molecule has 0 N–H and O–H groups in total. The van der Waals surface area contributed by atoms with E-state index >= 15 is 0 Å². The largest absolute Gasteiger partial charge is 0.466 e. The Kier molecular flexibility index (Phi) is 5.81. The van der Waals surface area contributed by atoms with Gasteiger partial charge in [-0.05, 0) is 20.8 Å². The Labute approximate surface area is 101 Å². The molecule has 0 aromatic heterocycles. The van der Waals surface area contributed by atoms with Crippen LogP contribution >= 0.6 is 0 Å². The van der Waals surface area contributed by atoms with Crippen LogP contribution in [0, 0.1) is 5.41 Å². The minimum absolute atomic E-state index is 0.207. The molecule has 0 bridgehead atoms. The highest BCUT2D eigenvalue weighted by molar-refractivity contribution is 6.10. The summed E-state index contributed by atoms with van der Waals surface area (Å²) >= 11 is 0. The summed E-state index contributed by atoms with van der Waals surface area (Å²) in [5, 5.41) is 0.961. The van der Waals surface area contributed by atoms with Gasteiger partial charge in [-0.25, -0.2) is 5.06 Å². The van der Waals surface area contributed by atoms with Crippen molar-refractivity contribution in [1.82, 2.24) is 5.06 Å². The topological polar surface area (TPSA) is 72.9 Å². The van der Waals surface area contributed by atoms with E-state index in [4.69, 9.17) is 4.84 Å². The van der Waals surface area contributed by atoms with Crippen molar-refractivity contribution in [3.63, 3.8) is 0 Å². The third-order valence-corrected chi connectivity index (χ3v) is 2.40. The molecule has 0 aliphatic rings. The van der Waals surface area contributed by atoms with Crippen LogP contribution in [0.25, 0.3) is 0 Å². The smallest absolute Gasteiger partial charge is 0.313 e. The maximum absolute atomic E-state index is 11.8. The van der Waals surface area contributed by atoms with E-state index in [1.807, 2.05) is 0 Å². The number of amides is 1. The molecule has 0 spiro atoms. The maximum atomic E-state index is 11.8. The predicted octanol–water partition coefficient (Wildman–Crippen LogP) is 0.555. The maximum Gasteiger partial charge on any atom is 0.313 e. The standard InChI is InChI=1S/C11H19NO5/c1-6-17-9(14)7-8(13)11(2,3)10(15)12(4)16-5/h6-7H2,1-5H3. The van der Waals surface area contributed by atoms with Gasteiger partial charge >= 0.3 is 5.97 Å². The van der Waals surface area contributed by atoms with E-state index in [9.17, 15) is 14.4 Å². The van der Waals surface area contributed by atoms with Gasteiger partial charge in [0.15, 0.2) is 5.78 Å². The number of ether oxygens (including phenoxy) is 1. The summed E-state index contributed by atoms with van der Waals surface area (Å²) in [4.78, 5) is 39.5. The summed E-state index contributed by atoms with van der Waals surface area (Å²) in [6, 6.07) is 0. The van der Waals surface area contributed by atoms with E-state index in [-0.39, 0.29) is 6.61 Å². The molecule has 0 saturated carbocycles. The molecule has 6 heteroatoms. The third kappa shape index (κ3) is 4.14. The molecule has 1 amide bonds. The van der Waals surface area contributed by atoms with Crippen LogP contribution in [0.3, 0.4) is 0 Å². The monoisotopic (exact) mass is 245 g/mol. The average molecular weight is 245 g/mol. The normalized spacial score (nSPS) is 10.9. The van der Waals surface area contributed by atoms with E-state index in [0.717, 1.165) is 5.06 Å². The molecule has 0 aromatic carbocycles. The van der Waals surface area contributed by atoms with Crippen molar-refractivity contribution in [2.75, 3.05) is 20.8 Å². The zero-order valence-electron chi connectivity index (χ0n) is 10.9. The summed E-state index contributed by atoms with van der Waals surface area (Å²) in [6.07, 6.45) is -0.413. The van der Waals surface area contributed by atoms with Crippen LogP contribution in [0.15, 0.2) is 0 Å². The number of esters is 1. The predicted molar refractivity (Wildman–Crippen MR) is 59.8 cm³/mol. The molecule has 17 heavy (non-hydrogen) atoms. The second kappa shape index (κ2) is 6.34. The van der Waals surface area contributed by atoms with Crippen molar-refractivity contribution in [2.45, 2.75) is 27.2 Å². The SMILES string of the molecule is CCOC(=O)CC(=O)C(C)(C)C(=O)N(C)OC. The number of hydrogen-bond acceptors (Lipinski definition) is 5. The summed E-state index contributed by atoms with van der Waals surface area (Å²) in [5.74, 6) is -1.63. The minimum atomic E-state index is -1.31. The molecular formula is C11H19NO5. The summed E-state index contributed by atoms with van der Waals surface area (Å²) < 4.78 is 4.66. The van der Waals surface area contributed by atoms with Gasteiger partial charge in [0, 0.05) is 7.05 Å². The van der Waals surface area contributed by atoms with Gasteiger partial charge in [-0.15, -0.1) is 0 Å². The van der Waals surface area contributed by atoms with Gasteiger partial charge in [-0.1, -0.05) is 0 Å². The first kappa shape index (κ1) is 15.6. The van der Waals surface area contributed by atoms with Gasteiger partial charge in [0.2, 0.25) is 0 Å². The first-order valence-corrected chi connectivity index (χ1v) is 5.28. The van der Waals surface area contributed by atoms with Crippen molar-refractivity contribution >= 4 is 17.7 Å². The molecule has 98 valence electrons. The Morgan fingerprint density at radius 1 is 1.24 bits per heavy atom. The molecule has 0 atom stereocenters. The third-order valence-electron chi connectivity index (χ3n) is 2.40. The van der Waals surface area contributed by atoms with E-state index in [2.05, 4.69) is 4.74 Å². The quantitative estimate of drug-likeness (QED) is 0.388. The molecule has 0 saturated heterocycles. The summed E-state index contributed by atoms with van der Waals surface area (Å²) in [6.45, 7) is 4.76. The molecule has 0 aliphatic carbocycles. The summed E-state index contributed by atoms with van der Waals surface area (Å²) in [5.41, 5.74) is -1.31. The second-order valence-electron chi connectivity index (χ2n) is 4.02. The Morgan fingerprint density at radius 2 is 1.76 bits per heavy atom. The molecule has 0 unspecified atom stereocenters. The highest BCUT2D eigenvalue weighted by Gasteiger charge is 2.39. The fourth-order valence-corrected chi connectivity index (χ4v) is 1.16. The molecule has 0 aromatic rings. The molecule has 6 nitrogen and oxygen atoms in total. The molecule has 0 aliphatic heterocycles. The van der Waals surface area contributed by atoms with E-state index in [1.165, 1.54) is 28.0 Å². The first-order valence-electron chi connectivity index (χ1n) is 5.28. The number of hydroxylamine groups is 2. The first-order chi connectivity index (χ1) is 7.77. The number of ketones is 1. The van der Waals surface area contributed by atoms with E-state index in [1.54, 1.807) is 6.92 Å². The Morgan fingerprint density at radius 3 is 2.18 bits per heavy atom. The number of carbonyl (C=O) groups is 3. The van der Waals surface area contributed by atoms with Crippen LogP contribution in [0.5, 0.6) is 0 Å². The van der Waals surface area contributed by atoms with Crippen molar-refractivity contribution in [2.24, 2.45) is 5.41 Å². The van der Waals surface area contributed by atoms with Gasteiger partial charge < -0.3 is 4.74 Å². The van der Waals surface area contributed by atoms with Crippen molar-refractivity contribution in [1.29, 1.82) is 0 Å². The number of nitrogens with zero attached hydrogens (tertiary/aromatic N) is 1. The molecule has 0 fully saturated rings. The van der Waals surface area contributed by atoms with Gasteiger partial charge in [0.05, 0.1) is 13.7 Å². The van der Waals surface area contributed by atoms with Crippen LogP contribution in [0.1, 0.15) is 27.2 Å². The van der Waals surface area contributed by atoms with Crippen LogP contribution in [-0.4, -0.2) is 43.5 Å². The number of carbonyl (C=O) groups excluding carboxylic acids is 3. The number of Topliss-reactive ketones (excluding diaryl/α,β-unsaturated/α-hetero) is 1. The van der Waals surface area contributed by atoms with Gasteiger partial charge in [-0.2, -0.15) is 0 Å². The van der Waals surface area contributed by atoms with E-state index < -0.39 is 29.5 Å². The lowest BCUT2D eigenvalue weighted by molar-refractivity contribution is -0.180. The molecular weight excluding hydrogens is 226 g/mol. The van der Waals surface area contributed by atoms with Crippen molar-refractivity contribution < 1.29 is 24.0 Å². The van der Waals surface area contributed by atoms with E-state index in [0.29, 0.717) is 0 Å². The highest BCUT2D eigenvalue weighted by atomic mass is 16.7. The number of hydrogen-bond donors (Lipinski definition) is 0. The van der Waals surface area contributed by atoms with Gasteiger partial charge in [0.25, 0.3) is 5.91 Å². The zero-order valence-corrected chi connectivity index (χ0v) is 10.9. The van der Waals surface area contributed by atoms with Gasteiger partial charge in [-0.3, -0.25) is 19.2 Å². The summed E-state index contributed by atoms with van der Waals surface area (Å²) in [7, 11) is 2.73. The lowest BCUT2D eigenvalue weighted by Gasteiger charge is -2.26. The van der Waals surface area contributed by atoms with Crippen LogP contribution < -0.4 is 0 Å². The number of rotatable bonds is 6. The lowest BCUT2D eigenvalue weighted by atomic mass is 9.85. The zero-order chi connectivity index (χ0) is 13.6. The van der Waals surface area contributed by atoms with Crippen LogP contribution in [0.4, 0.5) is 0 Å². The van der Waals surface area contributed by atoms with Gasteiger partial charge in [0.1, 0.15) is 11.8 Å². The minimum Gasteiger partial charge on any atom is -0.466 e.